The molecule has 3 aromatic rings. The standard InChI is InChI=1S/C16H11Cl2FN4O/c17-10-5-6-15(13(18)7-10)23-9-11(21-22-23)8-20-16(24)12-3-1-2-4-14(12)19/h1-7,9H,8H2,(H,20,24). The van der Waals surface area contributed by atoms with Crippen LogP contribution in [0.5, 0.6) is 0 Å². The molecule has 0 saturated carbocycles. The Morgan fingerprint density at radius 1 is 1.21 bits per heavy atom. The molecule has 3 rings (SSSR count). The predicted octanol–water partition coefficient (Wildman–Crippen LogP) is 3.64. The first kappa shape index (κ1) is 16.4. The van der Waals surface area contributed by atoms with Gasteiger partial charge in [-0.05, 0) is 30.3 Å². The molecular weight excluding hydrogens is 354 g/mol. The first-order valence-corrected chi connectivity index (χ1v) is 7.69. The molecule has 1 heterocycles. The van der Waals surface area contributed by atoms with E-state index in [0.717, 1.165) is 0 Å². The molecule has 0 radical (unpaired) electrons. The zero-order chi connectivity index (χ0) is 17.1. The number of nitrogens with one attached hydrogen (secondary N) is 1. The average Bonchev–Trinajstić information content (AvgIpc) is 3.01. The highest BCUT2D eigenvalue weighted by molar-refractivity contribution is 6.35. The van der Waals surface area contributed by atoms with Gasteiger partial charge in [0.15, 0.2) is 0 Å². The van der Waals surface area contributed by atoms with Crippen LogP contribution in [0.2, 0.25) is 10.0 Å². The molecule has 1 amide bonds. The molecule has 0 aliphatic heterocycles. The van der Waals surface area contributed by atoms with Gasteiger partial charge >= 0.3 is 0 Å². The number of hydrogen-bond donors (Lipinski definition) is 1. The zero-order valence-corrected chi connectivity index (χ0v) is 13.7. The molecule has 0 aliphatic rings. The third-order valence-electron chi connectivity index (χ3n) is 3.25. The van der Waals surface area contributed by atoms with Crippen molar-refractivity contribution < 1.29 is 9.18 Å². The van der Waals surface area contributed by atoms with Gasteiger partial charge in [0.2, 0.25) is 0 Å². The first-order chi connectivity index (χ1) is 11.5. The fourth-order valence-electron chi connectivity index (χ4n) is 2.08. The lowest BCUT2D eigenvalue weighted by Gasteiger charge is -2.04. The number of halogens is 3. The third-order valence-corrected chi connectivity index (χ3v) is 3.78. The van der Waals surface area contributed by atoms with Crippen molar-refractivity contribution in [1.82, 2.24) is 20.3 Å². The van der Waals surface area contributed by atoms with Crippen molar-refractivity contribution in [3.63, 3.8) is 0 Å². The fraction of sp³-hybridized carbons (Fsp3) is 0.0625. The van der Waals surface area contributed by atoms with Gasteiger partial charge in [-0.25, -0.2) is 9.07 Å². The van der Waals surface area contributed by atoms with E-state index in [-0.39, 0.29) is 12.1 Å². The molecule has 0 atom stereocenters. The fourth-order valence-corrected chi connectivity index (χ4v) is 2.57. The molecule has 5 nitrogen and oxygen atoms in total. The number of carbonyl (C=O) groups is 1. The summed E-state index contributed by atoms with van der Waals surface area (Å²) >= 11 is 12.0. The molecule has 0 bridgehead atoms. The van der Waals surface area contributed by atoms with Crippen molar-refractivity contribution in [1.29, 1.82) is 0 Å². The lowest BCUT2D eigenvalue weighted by atomic mass is 10.2. The summed E-state index contributed by atoms with van der Waals surface area (Å²) in [6.07, 6.45) is 1.62. The average molecular weight is 365 g/mol. The topological polar surface area (TPSA) is 59.8 Å². The molecule has 0 fully saturated rings. The van der Waals surface area contributed by atoms with E-state index >= 15 is 0 Å². The van der Waals surface area contributed by atoms with Crippen molar-refractivity contribution in [3.8, 4) is 5.69 Å². The van der Waals surface area contributed by atoms with E-state index in [1.165, 1.54) is 22.9 Å². The van der Waals surface area contributed by atoms with Gasteiger partial charge < -0.3 is 5.32 Å². The Morgan fingerprint density at radius 3 is 2.75 bits per heavy atom. The van der Waals surface area contributed by atoms with Crippen molar-refractivity contribution in [2.75, 3.05) is 0 Å². The molecule has 1 aromatic heterocycles. The van der Waals surface area contributed by atoms with E-state index in [0.29, 0.717) is 21.4 Å². The summed E-state index contributed by atoms with van der Waals surface area (Å²) in [5, 5.41) is 11.5. The minimum Gasteiger partial charge on any atom is -0.346 e. The number of hydrogen-bond acceptors (Lipinski definition) is 3. The predicted molar refractivity (Wildman–Crippen MR) is 88.9 cm³/mol. The second-order valence-corrected chi connectivity index (χ2v) is 5.76. The van der Waals surface area contributed by atoms with Gasteiger partial charge in [0.1, 0.15) is 11.5 Å². The van der Waals surface area contributed by atoms with Gasteiger partial charge in [0, 0.05) is 5.02 Å². The maximum atomic E-state index is 13.5. The molecule has 24 heavy (non-hydrogen) atoms. The minimum absolute atomic E-state index is 0.0226. The van der Waals surface area contributed by atoms with Crippen LogP contribution in [-0.2, 0) is 6.54 Å². The molecule has 8 heteroatoms. The normalized spacial score (nSPS) is 10.6. The quantitative estimate of drug-likeness (QED) is 0.768. The Bertz CT molecular complexity index is 897. The molecule has 0 unspecified atom stereocenters. The second-order valence-electron chi connectivity index (χ2n) is 4.91. The number of amides is 1. The first-order valence-electron chi connectivity index (χ1n) is 6.94. The highest BCUT2D eigenvalue weighted by atomic mass is 35.5. The van der Waals surface area contributed by atoms with Crippen LogP contribution in [0, 0.1) is 5.82 Å². The van der Waals surface area contributed by atoms with Crippen molar-refractivity contribution in [2.24, 2.45) is 0 Å². The van der Waals surface area contributed by atoms with Crippen LogP contribution >= 0.6 is 23.2 Å². The number of nitrogens with zero attached hydrogens (tertiary/aromatic N) is 3. The largest absolute Gasteiger partial charge is 0.346 e. The van der Waals surface area contributed by atoms with Crippen LogP contribution in [0.25, 0.3) is 5.69 Å². The highest BCUT2D eigenvalue weighted by Gasteiger charge is 2.12. The monoisotopic (exact) mass is 364 g/mol. The van der Waals surface area contributed by atoms with Crippen LogP contribution in [0.4, 0.5) is 4.39 Å². The molecular formula is C16H11Cl2FN4O. The van der Waals surface area contributed by atoms with Crippen molar-refractivity contribution >= 4 is 29.1 Å². The van der Waals surface area contributed by atoms with E-state index in [2.05, 4.69) is 15.6 Å². The summed E-state index contributed by atoms with van der Waals surface area (Å²) in [4.78, 5) is 12.0. The van der Waals surface area contributed by atoms with Crippen LogP contribution in [0.1, 0.15) is 16.1 Å². The van der Waals surface area contributed by atoms with Crippen LogP contribution in [0.3, 0.4) is 0 Å². The van der Waals surface area contributed by atoms with Crippen LogP contribution < -0.4 is 5.32 Å². The molecule has 1 N–H and O–H groups in total. The van der Waals surface area contributed by atoms with Crippen LogP contribution in [-0.4, -0.2) is 20.9 Å². The lowest BCUT2D eigenvalue weighted by molar-refractivity contribution is 0.0946. The summed E-state index contributed by atoms with van der Waals surface area (Å²) in [5.74, 6) is -1.10. The maximum absolute atomic E-state index is 13.5. The minimum atomic E-state index is -0.577. The van der Waals surface area contributed by atoms with E-state index < -0.39 is 11.7 Å². The van der Waals surface area contributed by atoms with Gasteiger partial charge in [-0.2, -0.15) is 0 Å². The van der Waals surface area contributed by atoms with Gasteiger partial charge in [0.05, 0.1) is 29.0 Å². The Balaban J connectivity index is 1.70. The number of benzene rings is 2. The molecule has 122 valence electrons. The van der Waals surface area contributed by atoms with Crippen molar-refractivity contribution in [3.05, 3.63) is 75.8 Å². The SMILES string of the molecule is O=C(NCc1cn(-c2ccc(Cl)cc2Cl)nn1)c1ccccc1F. The summed E-state index contributed by atoms with van der Waals surface area (Å²) in [7, 11) is 0. The molecule has 0 saturated heterocycles. The van der Waals surface area contributed by atoms with E-state index in [1.54, 1.807) is 30.5 Å². The zero-order valence-electron chi connectivity index (χ0n) is 12.2. The molecule has 0 aliphatic carbocycles. The summed E-state index contributed by atoms with van der Waals surface area (Å²) < 4.78 is 15.0. The summed E-state index contributed by atoms with van der Waals surface area (Å²) in [6.45, 7) is 0.110. The molecule has 0 spiro atoms. The lowest BCUT2D eigenvalue weighted by Crippen LogP contribution is -2.23. The second kappa shape index (κ2) is 6.98. The van der Waals surface area contributed by atoms with Gasteiger partial charge in [0.25, 0.3) is 5.91 Å². The number of aromatic nitrogens is 3. The Morgan fingerprint density at radius 2 is 2.00 bits per heavy atom. The highest BCUT2D eigenvalue weighted by Crippen LogP contribution is 2.23. The Hall–Kier alpha value is -2.44. The Labute approximate surface area is 147 Å². The van der Waals surface area contributed by atoms with Gasteiger partial charge in [-0.15, -0.1) is 5.10 Å². The maximum Gasteiger partial charge on any atom is 0.254 e. The smallest absolute Gasteiger partial charge is 0.254 e. The van der Waals surface area contributed by atoms with Crippen LogP contribution in [0.15, 0.2) is 48.7 Å². The van der Waals surface area contributed by atoms with Gasteiger partial charge in [-0.3, -0.25) is 4.79 Å². The number of carbonyl (C=O) groups excluding carboxylic acids is 1. The number of rotatable bonds is 4. The van der Waals surface area contributed by atoms with E-state index in [1.807, 2.05) is 0 Å². The van der Waals surface area contributed by atoms with Crippen molar-refractivity contribution in [2.45, 2.75) is 6.54 Å². The molecule has 2 aromatic carbocycles. The Kier molecular flexibility index (Phi) is 4.78. The summed E-state index contributed by atoms with van der Waals surface area (Å²) in [6, 6.07) is 10.7. The summed E-state index contributed by atoms with van der Waals surface area (Å²) in [5.41, 5.74) is 1.09. The van der Waals surface area contributed by atoms with E-state index in [4.69, 9.17) is 23.2 Å². The van der Waals surface area contributed by atoms with E-state index in [9.17, 15) is 9.18 Å². The van der Waals surface area contributed by atoms with Gasteiger partial charge in [-0.1, -0.05) is 40.5 Å². The third kappa shape index (κ3) is 3.55.